The van der Waals surface area contributed by atoms with Crippen LogP contribution in [0.4, 0.5) is 5.69 Å². The van der Waals surface area contributed by atoms with Crippen LogP contribution in [0.3, 0.4) is 0 Å². The van der Waals surface area contributed by atoms with E-state index in [0.29, 0.717) is 16.5 Å². The molecule has 0 heterocycles. The van der Waals surface area contributed by atoms with Crippen LogP contribution in [0.2, 0.25) is 5.02 Å². The van der Waals surface area contributed by atoms with Crippen LogP contribution in [0.15, 0.2) is 18.2 Å². The van der Waals surface area contributed by atoms with Crippen LogP contribution in [-0.4, -0.2) is 7.11 Å². The molecular weight excluding hydrogens is 185 g/mol. The molecule has 4 heteroatoms. The van der Waals surface area contributed by atoms with E-state index in [1.807, 2.05) is 0 Å². The molecule has 1 aromatic rings. The second-order valence-corrected chi connectivity index (χ2v) is 2.51. The third-order valence-electron chi connectivity index (χ3n) is 1.27. The summed E-state index contributed by atoms with van der Waals surface area (Å²) in [5, 5.41) is 0.540. The predicted octanol–water partition coefficient (Wildman–Crippen LogP) is 2.91. The first-order valence-corrected chi connectivity index (χ1v) is 3.74. The monoisotopic (exact) mass is 191 g/mol. The van der Waals surface area contributed by atoms with Crippen LogP contribution in [0.1, 0.15) is 0 Å². The number of anilines is 1. The van der Waals surface area contributed by atoms with Gasteiger partial charge in [-0.05, 0) is 12.1 Å². The molecule has 0 atom stereocenters. The second-order valence-electron chi connectivity index (χ2n) is 1.92. The summed E-state index contributed by atoms with van der Waals surface area (Å²) in [6, 6.07) is 5.30. The van der Waals surface area contributed by atoms with E-state index < -0.39 is 0 Å². The van der Waals surface area contributed by atoms with E-state index in [1.54, 1.807) is 25.3 Å². The Hall–Kier alpha value is -0.600. The first-order chi connectivity index (χ1) is 5.29. The number of methoxy groups -OCH3 is 1. The summed E-state index contributed by atoms with van der Waals surface area (Å²) < 4.78 is 4.99. The number of rotatable bonds is 2. The van der Waals surface area contributed by atoms with Crippen molar-refractivity contribution in [3.63, 3.8) is 0 Å². The van der Waals surface area contributed by atoms with Crippen molar-refractivity contribution < 1.29 is 4.74 Å². The fourth-order valence-electron chi connectivity index (χ4n) is 0.791. The molecule has 0 amide bonds. The molecule has 1 rings (SSSR count). The van der Waals surface area contributed by atoms with Gasteiger partial charge in [0, 0.05) is 11.8 Å². The van der Waals surface area contributed by atoms with Crippen molar-refractivity contribution >= 4 is 29.1 Å². The molecule has 0 bridgehead atoms. The molecule has 11 heavy (non-hydrogen) atoms. The molecule has 60 valence electrons. The largest absolute Gasteiger partial charge is 0.493 e. The SMILES string of the molecule is COc1c(Cl)cccc1NCl. The van der Waals surface area contributed by atoms with Gasteiger partial charge in [0.2, 0.25) is 0 Å². The fourth-order valence-corrected chi connectivity index (χ4v) is 1.19. The highest BCUT2D eigenvalue weighted by Crippen LogP contribution is 2.32. The molecule has 0 unspecified atom stereocenters. The minimum absolute atomic E-state index is 0.540. The molecule has 0 aliphatic carbocycles. The highest BCUT2D eigenvalue weighted by molar-refractivity contribution is 6.33. The van der Waals surface area contributed by atoms with Gasteiger partial charge in [-0.15, -0.1) is 0 Å². The molecular formula is C7H7Cl2NO. The van der Waals surface area contributed by atoms with Crippen LogP contribution in [0.5, 0.6) is 5.75 Å². The lowest BCUT2D eigenvalue weighted by atomic mass is 10.3. The van der Waals surface area contributed by atoms with Gasteiger partial charge in [-0.3, -0.25) is 4.84 Å². The van der Waals surface area contributed by atoms with Gasteiger partial charge >= 0.3 is 0 Å². The summed E-state index contributed by atoms with van der Waals surface area (Å²) in [4.78, 5) is 2.45. The number of hydrogen-bond acceptors (Lipinski definition) is 2. The minimum Gasteiger partial charge on any atom is -0.493 e. The topological polar surface area (TPSA) is 21.3 Å². The van der Waals surface area contributed by atoms with E-state index in [4.69, 9.17) is 28.1 Å². The summed E-state index contributed by atoms with van der Waals surface area (Å²) in [6.45, 7) is 0. The predicted molar refractivity (Wildman–Crippen MR) is 47.5 cm³/mol. The first kappa shape index (κ1) is 8.50. The van der Waals surface area contributed by atoms with E-state index in [9.17, 15) is 0 Å². The van der Waals surface area contributed by atoms with Gasteiger partial charge in [-0.25, -0.2) is 0 Å². The zero-order valence-electron chi connectivity index (χ0n) is 5.90. The Labute approximate surface area is 75.2 Å². The van der Waals surface area contributed by atoms with Crippen molar-refractivity contribution in [1.82, 2.24) is 0 Å². The molecule has 0 spiro atoms. The smallest absolute Gasteiger partial charge is 0.161 e. The van der Waals surface area contributed by atoms with Crippen LogP contribution < -0.4 is 9.57 Å². The Morgan fingerprint density at radius 2 is 2.18 bits per heavy atom. The molecule has 1 N–H and O–H groups in total. The number of ether oxygens (including phenoxy) is 1. The lowest BCUT2D eigenvalue weighted by Gasteiger charge is -2.06. The van der Waals surface area contributed by atoms with E-state index in [-0.39, 0.29) is 0 Å². The quantitative estimate of drug-likeness (QED) is 0.727. The van der Waals surface area contributed by atoms with E-state index in [2.05, 4.69) is 4.84 Å². The normalized spacial score (nSPS) is 9.36. The van der Waals surface area contributed by atoms with Gasteiger partial charge in [0.25, 0.3) is 0 Å². The fraction of sp³-hybridized carbons (Fsp3) is 0.143. The summed E-state index contributed by atoms with van der Waals surface area (Å²) in [5.74, 6) is 0.559. The van der Waals surface area contributed by atoms with Gasteiger partial charge < -0.3 is 4.74 Å². The van der Waals surface area contributed by atoms with Crippen molar-refractivity contribution in [3.05, 3.63) is 23.2 Å². The lowest BCUT2D eigenvalue weighted by molar-refractivity contribution is 0.417. The Kier molecular flexibility index (Phi) is 2.85. The van der Waals surface area contributed by atoms with Gasteiger partial charge in [0.1, 0.15) is 0 Å². The summed E-state index contributed by atoms with van der Waals surface area (Å²) in [5.41, 5.74) is 0.668. The van der Waals surface area contributed by atoms with Crippen LogP contribution in [-0.2, 0) is 0 Å². The molecule has 1 aromatic carbocycles. The highest BCUT2D eigenvalue weighted by atomic mass is 35.5. The number of benzene rings is 1. The maximum absolute atomic E-state index is 5.78. The molecule has 0 aliphatic rings. The van der Waals surface area contributed by atoms with Crippen molar-refractivity contribution in [1.29, 1.82) is 0 Å². The third kappa shape index (κ3) is 1.70. The Balaban J connectivity index is 3.13. The van der Waals surface area contributed by atoms with E-state index in [1.165, 1.54) is 0 Å². The Morgan fingerprint density at radius 3 is 2.64 bits per heavy atom. The molecule has 0 saturated carbocycles. The van der Waals surface area contributed by atoms with Gasteiger partial charge in [0.15, 0.2) is 5.75 Å². The average Bonchev–Trinajstić information content (AvgIpc) is 2.04. The first-order valence-electron chi connectivity index (χ1n) is 2.98. The van der Waals surface area contributed by atoms with Gasteiger partial charge in [-0.2, -0.15) is 0 Å². The summed E-state index contributed by atoms with van der Waals surface area (Å²) >= 11 is 11.2. The standard InChI is InChI=1S/C7H7Cl2NO/c1-11-7-5(8)3-2-4-6(7)10-9/h2-4,10H,1H3. The van der Waals surface area contributed by atoms with Crippen LogP contribution in [0, 0.1) is 0 Å². The van der Waals surface area contributed by atoms with Crippen LogP contribution in [0.25, 0.3) is 0 Å². The average molecular weight is 192 g/mol. The Morgan fingerprint density at radius 1 is 1.45 bits per heavy atom. The second kappa shape index (κ2) is 3.69. The van der Waals surface area contributed by atoms with Crippen molar-refractivity contribution in [2.45, 2.75) is 0 Å². The number of halogens is 2. The van der Waals surface area contributed by atoms with E-state index >= 15 is 0 Å². The molecule has 0 fully saturated rings. The van der Waals surface area contributed by atoms with Crippen molar-refractivity contribution in [3.8, 4) is 5.75 Å². The summed E-state index contributed by atoms with van der Waals surface area (Å²) in [6.07, 6.45) is 0. The lowest BCUT2D eigenvalue weighted by Crippen LogP contribution is -1.89. The van der Waals surface area contributed by atoms with Crippen LogP contribution >= 0.6 is 23.4 Å². The van der Waals surface area contributed by atoms with Crippen molar-refractivity contribution in [2.24, 2.45) is 0 Å². The maximum Gasteiger partial charge on any atom is 0.161 e. The molecule has 0 radical (unpaired) electrons. The zero-order valence-corrected chi connectivity index (χ0v) is 7.41. The minimum atomic E-state index is 0.540. The van der Waals surface area contributed by atoms with Gasteiger partial charge in [0.05, 0.1) is 17.8 Å². The zero-order chi connectivity index (χ0) is 8.27. The molecule has 2 nitrogen and oxygen atoms in total. The molecule has 0 aliphatic heterocycles. The van der Waals surface area contributed by atoms with Gasteiger partial charge in [-0.1, -0.05) is 17.7 Å². The molecule has 0 aromatic heterocycles. The third-order valence-corrected chi connectivity index (χ3v) is 1.77. The number of hydrogen-bond donors (Lipinski definition) is 1. The van der Waals surface area contributed by atoms with E-state index in [0.717, 1.165) is 0 Å². The number of nitrogens with one attached hydrogen (secondary N) is 1. The highest BCUT2D eigenvalue weighted by Gasteiger charge is 2.04. The van der Waals surface area contributed by atoms with Crippen molar-refractivity contribution in [2.75, 3.05) is 11.9 Å². The Bertz CT molecular complexity index is 252. The maximum atomic E-state index is 5.78. The molecule has 0 saturated heterocycles. The number of para-hydroxylation sites is 1. The summed E-state index contributed by atoms with van der Waals surface area (Å²) in [7, 11) is 1.54.